The fourth-order valence-electron chi connectivity index (χ4n) is 5.36. The van der Waals surface area contributed by atoms with Crippen molar-refractivity contribution in [1.29, 1.82) is 0 Å². The summed E-state index contributed by atoms with van der Waals surface area (Å²) in [6.45, 7) is 0. The fraction of sp³-hybridized carbons (Fsp3) is 0.0769. The topological polar surface area (TPSA) is 177 Å². The minimum Gasteiger partial charge on any atom is -0.445 e. The van der Waals surface area contributed by atoms with Crippen molar-refractivity contribution in [3.05, 3.63) is 119 Å². The number of tetrazole rings is 1. The average molecular weight is 608 g/mol. The van der Waals surface area contributed by atoms with Gasteiger partial charge in [0.25, 0.3) is 5.95 Å². The lowest BCUT2D eigenvalue weighted by molar-refractivity contribution is 0.323. The van der Waals surface area contributed by atoms with Crippen LogP contribution in [0.5, 0.6) is 0 Å². The highest BCUT2D eigenvalue weighted by Crippen LogP contribution is 2.57. The van der Waals surface area contributed by atoms with Crippen molar-refractivity contribution < 1.29 is 8.94 Å². The molecule has 7 aromatic rings. The Morgan fingerprint density at radius 3 is 2.60 bits per heavy atom. The van der Waals surface area contributed by atoms with Gasteiger partial charge in [-0.2, -0.15) is 9.59 Å². The number of aromatic nitrogens is 11. The molecule has 0 aliphatic carbocycles. The van der Waals surface area contributed by atoms with Gasteiger partial charge in [-0.1, -0.05) is 16.3 Å². The first-order chi connectivity index (χ1) is 21.4. The van der Waals surface area contributed by atoms with E-state index in [1.165, 1.54) is 35.4 Å². The third kappa shape index (κ3) is 3.86. The number of anilines is 2. The van der Waals surface area contributed by atoms with Crippen LogP contribution in [-0.2, 0) is 5.66 Å². The summed E-state index contributed by atoms with van der Waals surface area (Å²) in [5.74, 6) is 0.807. The largest absolute Gasteiger partial charge is 0.445 e. The molecule has 1 aliphatic rings. The minimum atomic E-state index is -1.58. The first-order valence-electron chi connectivity index (χ1n) is 12.7. The smallest absolute Gasteiger partial charge is 0.269 e. The minimum absolute atomic E-state index is 0.193. The third-order valence-corrected chi connectivity index (χ3v) is 8.19. The summed E-state index contributed by atoms with van der Waals surface area (Å²) in [5.41, 5.74) is 1.57. The molecule has 0 saturated heterocycles. The summed E-state index contributed by atoms with van der Waals surface area (Å²) in [5, 5.41) is 24.4. The number of H-pyrrole nitrogens is 1. The van der Waals surface area contributed by atoms with Gasteiger partial charge in [-0.3, -0.25) is 24.8 Å². The van der Waals surface area contributed by atoms with Crippen molar-refractivity contribution >= 4 is 45.9 Å². The molecule has 0 saturated carbocycles. The molecule has 0 bridgehead atoms. The Balaban J connectivity index is 1.63. The van der Waals surface area contributed by atoms with Gasteiger partial charge in [0.05, 0.1) is 29.5 Å². The zero-order valence-corrected chi connectivity index (χ0v) is 23.4. The van der Waals surface area contributed by atoms with Gasteiger partial charge in [0.15, 0.2) is 5.82 Å². The molecule has 1 aliphatic heterocycles. The number of rotatable bonds is 7. The SMILES string of the molecule is c1ccc(C2C(c3ccsn3)=C(c3nccs3)N(c3ccon3)C(c3cnccn3)(c3ncco3)N2c2nn[nH]n2)nc1. The number of nitrogens with one attached hydrogen (secondary N) is 1. The van der Waals surface area contributed by atoms with Crippen LogP contribution in [-0.4, -0.2) is 55.1 Å². The molecule has 2 unspecified atom stereocenters. The number of aromatic amines is 1. The number of hydrogen-bond acceptors (Lipinski definition) is 16. The van der Waals surface area contributed by atoms with Crippen molar-refractivity contribution in [2.45, 2.75) is 11.7 Å². The molecule has 0 amide bonds. The predicted octanol–water partition coefficient (Wildman–Crippen LogP) is 3.81. The highest BCUT2D eigenvalue weighted by atomic mass is 32.1. The van der Waals surface area contributed by atoms with Gasteiger partial charge in [0.2, 0.25) is 11.6 Å². The number of pyridine rings is 1. The summed E-state index contributed by atoms with van der Waals surface area (Å²) < 4.78 is 16.4. The Kier molecular flexibility index (Phi) is 6.00. The van der Waals surface area contributed by atoms with Crippen LogP contribution in [0.3, 0.4) is 0 Å². The molecule has 210 valence electrons. The van der Waals surface area contributed by atoms with Gasteiger partial charge in [0.1, 0.15) is 29.3 Å². The van der Waals surface area contributed by atoms with Gasteiger partial charge in [0, 0.05) is 47.2 Å². The van der Waals surface area contributed by atoms with Gasteiger partial charge >= 0.3 is 0 Å². The normalized spacial score (nSPS) is 18.8. The average Bonchev–Trinajstić information content (AvgIpc) is 3.90. The Morgan fingerprint density at radius 2 is 1.93 bits per heavy atom. The Bertz CT molecular complexity index is 1930. The standard InChI is InChI=1S/C26H17N13O2S2/c1-2-6-28-17(3-1)21-20(16-5-13-43-35-16)22(23-30-10-14-42-23)38(19-4-11-41-34-19)26(24-31-9-12-40-24,18-15-27-7-8-29-18)39(21)25-32-36-37-33-25/h1-15,21H,(H,32,33,36,37). The van der Waals surface area contributed by atoms with E-state index in [0.29, 0.717) is 33.6 Å². The molecule has 0 radical (unpaired) electrons. The molecule has 8 rings (SSSR count). The first-order valence-corrected chi connectivity index (χ1v) is 14.4. The molecule has 1 N–H and O–H groups in total. The number of oxazole rings is 1. The second-order valence-corrected chi connectivity index (χ2v) is 10.6. The number of nitrogens with zero attached hydrogens (tertiary/aromatic N) is 12. The van der Waals surface area contributed by atoms with E-state index in [-0.39, 0.29) is 11.8 Å². The maximum absolute atomic E-state index is 6.18. The van der Waals surface area contributed by atoms with Crippen molar-refractivity contribution in [2.75, 3.05) is 9.80 Å². The molecule has 0 spiro atoms. The van der Waals surface area contributed by atoms with Crippen molar-refractivity contribution in [2.24, 2.45) is 0 Å². The lowest BCUT2D eigenvalue weighted by atomic mass is 9.85. The van der Waals surface area contributed by atoms with E-state index in [0.717, 1.165) is 5.57 Å². The Hall–Kier alpha value is -5.68. The molecule has 15 nitrogen and oxygen atoms in total. The molecule has 0 fully saturated rings. The molecule has 17 heteroatoms. The van der Waals surface area contributed by atoms with Crippen molar-refractivity contribution in [1.82, 2.24) is 55.1 Å². The summed E-state index contributed by atoms with van der Waals surface area (Å²) >= 11 is 2.78. The quantitative estimate of drug-likeness (QED) is 0.276. The summed E-state index contributed by atoms with van der Waals surface area (Å²) in [4.78, 5) is 27.4. The summed E-state index contributed by atoms with van der Waals surface area (Å²) in [7, 11) is 0. The molecule has 8 heterocycles. The van der Waals surface area contributed by atoms with E-state index in [9.17, 15) is 0 Å². The highest BCUT2D eigenvalue weighted by molar-refractivity contribution is 7.10. The maximum Gasteiger partial charge on any atom is 0.269 e. The molecule has 7 aromatic heterocycles. The van der Waals surface area contributed by atoms with Crippen LogP contribution in [0.4, 0.5) is 11.8 Å². The number of hydrogen-bond donors (Lipinski definition) is 1. The monoisotopic (exact) mass is 607 g/mol. The summed E-state index contributed by atoms with van der Waals surface area (Å²) in [6.07, 6.45) is 12.8. The van der Waals surface area contributed by atoms with Gasteiger partial charge in [-0.25, -0.2) is 9.97 Å². The van der Waals surface area contributed by atoms with E-state index in [2.05, 4.69) is 30.8 Å². The lowest BCUT2D eigenvalue weighted by Gasteiger charge is -2.54. The van der Waals surface area contributed by atoms with E-state index in [4.69, 9.17) is 33.2 Å². The van der Waals surface area contributed by atoms with Crippen LogP contribution < -0.4 is 9.80 Å². The first kappa shape index (κ1) is 25.1. The van der Waals surface area contributed by atoms with Crippen LogP contribution in [0.2, 0.25) is 0 Å². The van der Waals surface area contributed by atoms with Gasteiger partial charge < -0.3 is 8.94 Å². The van der Waals surface area contributed by atoms with Crippen LogP contribution in [0.15, 0.2) is 99.7 Å². The molecule has 0 aromatic carbocycles. The third-order valence-electron chi connectivity index (χ3n) is 6.85. The molecular formula is C26H17N13O2S2. The molecule has 43 heavy (non-hydrogen) atoms. The Labute approximate surface area is 249 Å². The van der Waals surface area contributed by atoms with E-state index < -0.39 is 11.7 Å². The predicted molar refractivity (Wildman–Crippen MR) is 153 cm³/mol. The molecule has 2 atom stereocenters. The van der Waals surface area contributed by atoms with Crippen LogP contribution in [0, 0.1) is 0 Å². The van der Waals surface area contributed by atoms with Gasteiger partial charge in [-0.05, 0) is 34.9 Å². The van der Waals surface area contributed by atoms with Crippen molar-refractivity contribution in [3.8, 4) is 0 Å². The maximum atomic E-state index is 6.18. The van der Waals surface area contributed by atoms with Crippen LogP contribution in [0.1, 0.15) is 34.0 Å². The zero-order valence-electron chi connectivity index (χ0n) is 21.7. The van der Waals surface area contributed by atoms with E-state index in [1.54, 1.807) is 43.2 Å². The van der Waals surface area contributed by atoms with Crippen LogP contribution in [0.25, 0.3) is 11.3 Å². The fourth-order valence-corrected chi connectivity index (χ4v) is 6.57. The highest BCUT2D eigenvalue weighted by Gasteiger charge is 2.62. The molecular weight excluding hydrogens is 591 g/mol. The second-order valence-electron chi connectivity index (χ2n) is 9.02. The zero-order chi connectivity index (χ0) is 28.6. The van der Waals surface area contributed by atoms with E-state index in [1.807, 2.05) is 44.8 Å². The lowest BCUT2D eigenvalue weighted by Crippen LogP contribution is -2.64. The second kappa shape index (κ2) is 10.3. The number of thiazole rings is 1. The van der Waals surface area contributed by atoms with Gasteiger partial charge in [-0.15, -0.1) is 16.4 Å². The summed E-state index contributed by atoms with van der Waals surface area (Å²) in [6, 6.07) is 8.65. The van der Waals surface area contributed by atoms with E-state index >= 15 is 0 Å². The van der Waals surface area contributed by atoms with Crippen molar-refractivity contribution in [3.63, 3.8) is 0 Å². The Morgan fingerprint density at radius 1 is 0.930 bits per heavy atom. The van der Waals surface area contributed by atoms with Crippen LogP contribution >= 0.6 is 22.9 Å².